The van der Waals surface area contributed by atoms with Crippen LogP contribution in [0.1, 0.15) is 65.0 Å². The van der Waals surface area contributed by atoms with Crippen LogP contribution in [0.4, 0.5) is 5.82 Å². The number of unbranched alkanes of at least 4 members (excludes halogenated alkanes) is 2. The van der Waals surface area contributed by atoms with Crippen LogP contribution in [0.3, 0.4) is 0 Å². The number of fused-ring (bicyclic) bond motifs is 1. The van der Waals surface area contributed by atoms with E-state index in [0.29, 0.717) is 16.8 Å². The van der Waals surface area contributed by atoms with Crippen LogP contribution in [-0.2, 0) is 0 Å². The summed E-state index contributed by atoms with van der Waals surface area (Å²) in [4.78, 5) is 11.9. The van der Waals surface area contributed by atoms with E-state index in [1.165, 1.54) is 24.6 Å². The average molecular weight is 417 g/mol. The topological polar surface area (TPSA) is 109 Å². The van der Waals surface area contributed by atoms with Gasteiger partial charge in [0.05, 0.1) is 10.6 Å². The van der Waals surface area contributed by atoms with E-state index in [0.717, 1.165) is 66.3 Å². The molecule has 7 nitrogen and oxygen atoms in total. The highest BCUT2D eigenvalue weighted by atomic mass is 32.2. The van der Waals surface area contributed by atoms with Crippen molar-refractivity contribution in [1.29, 1.82) is 10.8 Å². The van der Waals surface area contributed by atoms with Crippen molar-refractivity contribution < 1.29 is 5.11 Å². The molecule has 1 aromatic rings. The van der Waals surface area contributed by atoms with E-state index in [1.54, 1.807) is 13.3 Å². The van der Waals surface area contributed by atoms with Crippen LogP contribution in [-0.4, -0.2) is 56.1 Å². The highest BCUT2D eigenvalue weighted by Crippen LogP contribution is 2.44. The van der Waals surface area contributed by atoms with Crippen molar-refractivity contribution in [3.8, 4) is 0 Å². The van der Waals surface area contributed by atoms with E-state index in [1.807, 2.05) is 6.92 Å². The Morgan fingerprint density at radius 2 is 2.03 bits per heavy atom. The third-order valence-electron chi connectivity index (χ3n) is 5.77. The van der Waals surface area contributed by atoms with Gasteiger partial charge in [-0.3, -0.25) is 10.3 Å². The van der Waals surface area contributed by atoms with E-state index in [4.69, 9.17) is 10.8 Å². The van der Waals surface area contributed by atoms with Crippen LogP contribution in [0, 0.1) is 10.8 Å². The van der Waals surface area contributed by atoms with Crippen LogP contribution in [0.2, 0.25) is 0 Å². The summed E-state index contributed by atoms with van der Waals surface area (Å²) in [6.07, 6.45) is 7.39. The molecule has 0 saturated carbocycles. The fourth-order valence-electron chi connectivity index (χ4n) is 3.84. The van der Waals surface area contributed by atoms with Gasteiger partial charge in [-0.1, -0.05) is 31.5 Å². The molecule has 2 aliphatic heterocycles. The summed E-state index contributed by atoms with van der Waals surface area (Å²) in [6, 6.07) is 0.293. The number of hydrogen-bond donors (Lipinski definition) is 4. The highest BCUT2D eigenvalue weighted by molar-refractivity contribution is 8.15. The zero-order valence-corrected chi connectivity index (χ0v) is 18.4. The largest absolute Gasteiger partial charge is 0.378 e. The van der Waals surface area contributed by atoms with Crippen LogP contribution in [0.5, 0.6) is 0 Å². The van der Waals surface area contributed by atoms with Crippen molar-refractivity contribution in [3.63, 3.8) is 0 Å². The molecular formula is C21H32N6OS. The molecule has 2 aliphatic rings. The summed E-state index contributed by atoms with van der Waals surface area (Å²) in [7, 11) is 0. The summed E-state index contributed by atoms with van der Waals surface area (Å²) in [5, 5.41) is 30.6. The minimum Gasteiger partial charge on any atom is -0.378 e. The fourth-order valence-corrected chi connectivity index (χ4v) is 4.86. The lowest BCUT2D eigenvalue weighted by Crippen LogP contribution is -2.44. The van der Waals surface area contributed by atoms with Gasteiger partial charge in [-0.25, -0.2) is 9.97 Å². The number of aliphatic hydroxyl groups excluding tert-OH is 1. The van der Waals surface area contributed by atoms with Crippen LogP contribution in [0.15, 0.2) is 16.8 Å². The zero-order chi connectivity index (χ0) is 21.0. The standard InChI is InChI=1S/C21H32N6OS/c1-4-5-6-7-16(28)27-10-8-15(9-11-27)26-21-19-18(24-12-25-21)17(20(23)29-19)13(2)14(3)22/h12,15-16,22-23,28H,4-11H2,1-3H3,(H,24,25,26)/b17-13-,22-14?,23-20?. The number of allylic oxidation sites excluding steroid dienone is 1. The first kappa shape index (κ1) is 21.9. The molecule has 4 N–H and O–H groups in total. The Bertz CT molecular complexity index is 800. The molecule has 3 rings (SSSR count). The lowest BCUT2D eigenvalue weighted by atomic mass is 10.0. The maximum absolute atomic E-state index is 10.4. The van der Waals surface area contributed by atoms with Gasteiger partial charge in [0.2, 0.25) is 0 Å². The molecule has 1 fully saturated rings. The number of nitrogens with zero attached hydrogens (tertiary/aromatic N) is 3. The smallest absolute Gasteiger partial charge is 0.144 e. The van der Waals surface area contributed by atoms with Crippen molar-refractivity contribution in [2.24, 2.45) is 0 Å². The molecule has 0 radical (unpaired) electrons. The number of anilines is 1. The summed E-state index contributed by atoms with van der Waals surface area (Å²) in [6.45, 7) is 7.54. The Balaban J connectivity index is 1.64. The number of likely N-dealkylation sites (tertiary alicyclic amines) is 1. The predicted octanol–water partition coefficient (Wildman–Crippen LogP) is 4.15. The average Bonchev–Trinajstić information content (AvgIpc) is 3.04. The third kappa shape index (κ3) is 5.05. The van der Waals surface area contributed by atoms with Crippen LogP contribution < -0.4 is 5.32 Å². The Labute approximate surface area is 177 Å². The number of aromatic nitrogens is 2. The molecule has 0 spiro atoms. The Morgan fingerprint density at radius 3 is 2.69 bits per heavy atom. The lowest BCUT2D eigenvalue weighted by molar-refractivity contribution is -0.0164. The van der Waals surface area contributed by atoms with Crippen molar-refractivity contribution in [2.75, 3.05) is 18.4 Å². The maximum atomic E-state index is 10.4. The number of hydrogen-bond acceptors (Lipinski definition) is 8. The zero-order valence-electron chi connectivity index (χ0n) is 17.6. The van der Waals surface area contributed by atoms with Crippen molar-refractivity contribution >= 4 is 33.9 Å². The Morgan fingerprint density at radius 1 is 1.31 bits per heavy atom. The third-order valence-corrected chi connectivity index (χ3v) is 6.77. The lowest BCUT2D eigenvalue weighted by Gasteiger charge is -2.35. The van der Waals surface area contributed by atoms with E-state index in [-0.39, 0.29) is 6.23 Å². The first-order valence-electron chi connectivity index (χ1n) is 10.5. The van der Waals surface area contributed by atoms with Gasteiger partial charge < -0.3 is 15.8 Å². The maximum Gasteiger partial charge on any atom is 0.144 e. The van der Waals surface area contributed by atoms with Gasteiger partial charge >= 0.3 is 0 Å². The minimum atomic E-state index is -0.332. The van der Waals surface area contributed by atoms with Gasteiger partial charge in [-0.05, 0) is 45.1 Å². The molecule has 3 heterocycles. The van der Waals surface area contributed by atoms with Gasteiger partial charge in [-0.15, -0.1) is 0 Å². The first-order chi connectivity index (χ1) is 13.9. The molecule has 1 unspecified atom stereocenters. The summed E-state index contributed by atoms with van der Waals surface area (Å²) in [5.74, 6) is 0.775. The van der Waals surface area contributed by atoms with Crippen molar-refractivity contribution in [2.45, 2.75) is 76.5 Å². The number of nitrogens with one attached hydrogen (secondary N) is 3. The fraction of sp³-hybridized carbons (Fsp3) is 0.619. The second kappa shape index (κ2) is 9.82. The van der Waals surface area contributed by atoms with Gasteiger partial charge in [0.15, 0.2) is 0 Å². The van der Waals surface area contributed by atoms with E-state index >= 15 is 0 Å². The van der Waals surface area contributed by atoms with E-state index in [2.05, 4.69) is 27.1 Å². The number of aliphatic hydroxyl groups is 1. The summed E-state index contributed by atoms with van der Waals surface area (Å²) in [5.41, 5.74) is 2.74. The predicted molar refractivity (Wildman–Crippen MR) is 120 cm³/mol. The molecule has 29 heavy (non-hydrogen) atoms. The molecular weight excluding hydrogens is 384 g/mol. The first-order valence-corrected chi connectivity index (χ1v) is 11.3. The monoisotopic (exact) mass is 416 g/mol. The molecule has 8 heteroatoms. The number of rotatable bonds is 8. The molecule has 158 valence electrons. The van der Waals surface area contributed by atoms with E-state index < -0.39 is 0 Å². The second-order valence-corrected chi connectivity index (χ2v) is 8.91. The van der Waals surface area contributed by atoms with Crippen LogP contribution in [0.25, 0.3) is 5.57 Å². The molecule has 0 aliphatic carbocycles. The highest BCUT2D eigenvalue weighted by Gasteiger charge is 2.31. The Hall–Kier alpha value is -1.77. The van der Waals surface area contributed by atoms with Crippen molar-refractivity contribution in [3.05, 3.63) is 17.6 Å². The normalized spacial score (nSPS) is 20.5. The van der Waals surface area contributed by atoms with E-state index in [9.17, 15) is 5.11 Å². The SMILES string of the molecule is CCCCCC(O)N1CCC(Nc2ncnc3c2SC(=N)/C3=C(/C)C(C)=N)CC1. The number of thioether (sulfide) groups is 1. The van der Waals surface area contributed by atoms with Crippen molar-refractivity contribution in [1.82, 2.24) is 14.9 Å². The molecule has 0 amide bonds. The second-order valence-electron chi connectivity index (χ2n) is 7.89. The quantitative estimate of drug-likeness (QED) is 0.374. The summed E-state index contributed by atoms with van der Waals surface area (Å²) >= 11 is 1.37. The van der Waals surface area contributed by atoms with Gasteiger partial charge in [-0.2, -0.15) is 0 Å². The van der Waals surface area contributed by atoms with Gasteiger partial charge in [0, 0.05) is 30.4 Å². The molecule has 0 bridgehead atoms. The summed E-state index contributed by atoms with van der Waals surface area (Å²) < 4.78 is 0. The number of piperidine rings is 1. The van der Waals surface area contributed by atoms with Crippen LogP contribution >= 0.6 is 11.8 Å². The molecule has 1 atom stereocenters. The molecule has 1 aromatic heterocycles. The minimum absolute atomic E-state index is 0.293. The Kier molecular flexibility index (Phi) is 7.43. The van der Waals surface area contributed by atoms with Gasteiger partial charge in [0.25, 0.3) is 0 Å². The molecule has 0 aromatic carbocycles. The molecule has 1 saturated heterocycles. The van der Waals surface area contributed by atoms with Gasteiger partial charge in [0.1, 0.15) is 23.4 Å².